The van der Waals surface area contributed by atoms with E-state index in [2.05, 4.69) is 25.3 Å². The molecule has 1 amide bonds. The molecule has 2 aliphatic rings. The minimum atomic E-state index is -1.01. The smallest absolute Gasteiger partial charge is 0.337 e. The van der Waals surface area contributed by atoms with Crippen molar-refractivity contribution in [3.05, 3.63) is 167 Å². The fourth-order valence-corrected chi connectivity index (χ4v) is 9.10. The zero-order chi connectivity index (χ0) is 56.3. The molecule has 2 saturated heterocycles. The number of amides is 1. The first-order chi connectivity index (χ1) is 37.8. The second-order valence-corrected chi connectivity index (χ2v) is 20.7. The number of aliphatic hydroxyl groups is 2. The molecule has 2 aliphatic heterocycles. The number of anilines is 2. The summed E-state index contributed by atoms with van der Waals surface area (Å²) in [4.78, 5) is 67.1. The van der Waals surface area contributed by atoms with E-state index in [1.807, 2.05) is 76.2 Å². The van der Waals surface area contributed by atoms with E-state index in [4.69, 9.17) is 25.4 Å². The van der Waals surface area contributed by atoms with Gasteiger partial charge < -0.3 is 45.8 Å². The number of hydrogen-bond donors (Lipinski definition) is 6. The van der Waals surface area contributed by atoms with Gasteiger partial charge in [-0.1, -0.05) is 7.43 Å². The topological polar surface area (TPSA) is 274 Å². The molecule has 17 nitrogen and oxygen atoms in total. The second-order valence-electron chi connectivity index (χ2n) is 20.7. The number of likely N-dealkylation sites (tertiary alicyclic amines) is 1. The molecular formula is C63H70N8O9. The molecule has 416 valence electrons. The number of carbonyl (C=O) groups excluding carboxylic acids is 3. The Morgan fingerprint density at radius 1 is 0.613 bits per heavy atom. The van der Waals surface area contributed by atoms with Crippen LogP contribution in [-0.2, 0) is 22.4 Å². The first kappa shape index (κ1) is 59.0. The number of pyridine rings is 4. The third-order valence-corrected chi connectivity index (χ3v) is 13.9. The van der Waals surface area contributed by atoms with Crippen LogP contribution in [0.4, 0.5) is 11.6 Å². The Labute approximate surface area is 465 Å². The molecule has 8 N–H and O–H groups in total. The van der Waals surface area contributed by atoms with Gasteiger partial charge in [-0.3, -0.25) is 24.4 Å². The number of carboxylic acids is 1. The number of nitrogen functional groups attached to an aromatic ring is 2. The third kappa shape index (κ3) is 16.2. The van der Waals surface area contributed by atoms with Crippen LogP contribution >= 0.6 is 0 Å². The Hall–Kier alpha value is -8.64. The highest BCUT2D eigenvalue weighted by molar-refractivity contribution is 5.96. The Morgan fingerprint density at radius 2 is 1.06 bits per heavy atom. The maximum absolute atomic E-state index is 12.9. The average Bonchev–Trinajstić information content (AvgIpc) is 4.08. The number of allylic oxidation sites excluding steroid dienone is 2. The summed E-state index contributed by atoms with van der Waals surface area (Å²) in [5.74, 6) is 1.26. The monoisotopic (exact) mass is 1080 g/mol. The fourth-order valence-electron chi connectivity index (χ4n) is 9.10. The van der Waals surface area contributed by atoms with Crippen LogP contribution in [-0.4, -0.2) is 101 Å². The van der Waals surface area contributed by atoms with Gasteiger partial charge in [0.15, 0.2) is 11.6 Å². The Balaban J connectivity index is 0.000000203. The van der Waals surface area contributed by atoms with Crippen LogP contribution in [0.1, 0.15) is 114 Å². The van der Waals surface area contributed by atoms with Crippen molar-refractivity contribution in [2.45, 2.75) is 97.7 Å². The van der Waals surface area contributed by atoms with E-state index in [1.165, 1.54) is 18.3 Å². The van der Waals surface area contributed by atoms with Crippen molar-refractivity contribution in [2.75, 3.05) is 37.6 Å². The van der Waals surface area contributed by atoms with Crippen LogP contribution in [0.5, 0.6) is 0 Å². The normalized spacial score (nSPS) is 14.7. The molecule has 8 heterocycles. The largest absolute Gasteiger partial charge is 0.478 e. The van der Waals surface area contributed by atoms with Gasteiger partial charge in [-0.25, -0.2) is 14.8 Å². The molecule has 0 aliphatic carbocycles. The predicted octanol–water partition coefficient (Wildman–Crippen LogP) is 10.4. The van der Waals surface area contributed by atoms with Crippen molar-refractivity contribution in [2.24, 2.45) is 0 Å². The standard InChI is InChI=1S/C31H32N4O4.C25H21N3O4.C6H13NO.CH4/c1-20-15-23(27-9-5-22(19-33-27)30(37)35-13-11-31(2,38)12-14-35)16-24-17-26(39-29(20)24)8-7-25(36)6-3-21-4-10-28(32)34-18-21;1-15-10-18(22-8-4-17(14-27-22)25(30)31)11-19-12-21(32-24(15)19)7-6-20(29)5-2-16-3-9-23(26)28-13-16;1-6(8)2-4-7-5-3-6;/h3-6,9-10,15-19,38H,7-8,11-14H2,1-2H3,(H2,32,34);2-5,8-14H,6-7H2,1H3,(H2,26,28)(H,30,31);7-8H,2-5H2,1H3;1H4/b6-3+;5-2+;;. The number of carboxylic acid groups (broad SMARTS) is 1. The number of aromatic carboxylic acids is 1. The summed E-state index contributed by atoms with van der Waals surface area (Å²) in [5, 5.41) is 33.6. The molecule has 0 unspecified atom stereocenters. The summed E-state index contributed by atoms with van der Waals surface area (Å²) < 4.78 is 12.0. The van der Waals surface area contributed by atoms with E-state index in [0.717, 1.165) is 98.5 Å². The van der Waals surface area contributed by atoms with Gasteiger partial charge in [0, 0.05) is 85.5 Å². The maximum atomic E-state index is 12.9. The van der Waals surface area contributed by atoms with Crippen LogP contribution in [0.3, 0.4) is 0 Å². The van der Waals surface area contributed by atoms with Gasteiger partial charge in [0.05, 0.1) is 33.7 Å². The van der Waals surface area contributed by atoms with Crippen LogP contribution in [0, 0.1) is 13.8 Å². The molecule has 0 saturated carbocycles. The number of nitrogens with zero attached hydrogens (tertiary/aromatic N) is 5. The minimum absolute atomic E-state index is 0. The summed E-state index contributed by atoms with van der Waals surface area (Å²) in [5.41, 5.74) is 19.1. The molecule has 10 rings (SSSR count). The lowest BCUT2D eigenvalue weighted by atomic mass is 9.93. The van der Waals surface area contributed by atoms with Gasteiger partial charge in [-0.15, -0.1) is 0 Å². The summed E-state index contributed by atoms with van der Waals surface area (Å²) in [6.45, 7) is 10.6. The van der Waals surface area contributed by atoms with Crippen molar-refractivity contribution >= 4 is 69.2 Å². The summed E-state index contributed by atoms with van der Waals surface area (Å²) in [6.07, 6.45) is 17.3. The number of benzene rings is 2. The molecule has 0 atom stereocenters. The zero-order valence-electron chi connectivity index (χ0n) is 44.9. The number of nitrogens with one attached hydrogen (secondary N) is 1. The molecule has 0 bridgehead atoms. The number of hydrogen-bond acceptors (Lipinski definition) is 15. The number of aryl methyl sites for hydroxylation is 4. The van der Waals surface area contributed by atoms with Gasteiger partial charge in [-0.2, -0.15) is 0 Å². The molecule has 2 aromatic carbocycles. The number of furan rings is 2. The minimum Gasteiger partial charge on any atom is -0.478 e. The number of nitrogens with two attached hydrogens (primary N) is 2. The highest BCUT2D eigenvalue weighted by Crippen LogP contribution is 2.32. The number of ketones is 2. The SMILES string of the molecule is C.CC1(O)CCNCC1.Cc1cc(-c2ccc(C(=O)N3CCC(C)(O)CC3)cn2)cc2cc(CCC(=O)/C=C/c3ccc(N)nc3)oc12.Cc1cc(-c2ccc(C(=O)O)cn2)cc2cc(CCC(=O)/C=C/c3ccc(N)nc3)oc12. The van der Waals surface area contributed by atoms with Crippen molar-refractivity contribution in [1.29, 1.82) is 0 Å². The van der Waals surface area contributed by atoms with Gasteiger partial charge in [0.25, 0.3) is 5.91 Å². The van der Waals surface area contributed by atoms with Crippen molar-refractivity contribution in [3.63, 3.8) is 0 Å². The highest BCUT2D eigenvalue weighted by atomic mass is 16.4. The number of piperidine rings is 2. The molecule has 17 heteroatoms. The summed E-state index contributed by atoms with van der Waals surface area (Å²) in [6, 6.07) is 25.7. The lowest BCUT2D eigenvalue weighted by Crippen LogP contribution is -2.45. The Kier molecular flexibility index (Phi) is 19.4. The molecule has 6 aromatic heterocycles. The number of rotatable bonds is 14. The molecular weight excluding hydrogens is 1010 g/mol. The number of fused-ring (bicyclic) bond motifs is 2. The van der Waals surface area contributed by atoms with Crippen molar-refractivity contribution < 1.29 is 43.3 Å². The van der Waals surface area contributed by atoms with Crippen LogP contribution in [0.15, 0.2) is 131 Å². The van der Waals surface area contributed by atoms with Crippen LogP contribution < -0.4 is 16.8 Å². The van der Waals surface area contributed by atoms with E-state index in [1.54, 1.807) is 72.1 Å². The Morgan fingerprint density at radius 3 is 1.45 bits per heavy atom. The van der Waals surface area contributed by atoms with Crippen molar-refractivity contribution in [3.8, 4) is 22.5 Å². The van der Waals surface area contributed by atoms with Gasteiger partial charge in [-0.05, 0) is 198 Å². The quantitative estimate of drug-likeness (QED) is 0.0552. The lowest BCUT2D eigenvalue weighted by Gasteiger charge is -2.35. The lowest BCUT2D eigenvalue weighted by molar-refractivity contribution is -0.115. The highest BCUT2D eigenvalue weighted by Gasteiger charge is 2.30. The van der Waals surface area contributed by atoms with Crippen LogP contribution in [0.2, 0.25) is 0 Å². The van der Waals surface area contributed by atoms with Crippen LogP contribution in [0.25, 0.3) is 56.6 Å². The summed E-state index contributed by atoms with van der Waals surface area (Å²) in [7, 11) is 0. The molecule has 2 fully saturated rings. The van der Waals surface area contributed by atoms with Crippen molar-refractivity contribution in [1.82, 2.24) is 30.2 Å². The first-order valence-electron chi connectivity index (χ1n) is 26.3. The third-order valence-electron chi connectivity index (χ3n) is 13.9. The molecule has 8 aromatic rings. The van der Waals surface area contributed by atoms with E-state index in [9.17, 15) is 29.4 Å². The predicted molar refractivity (Wildman–Crippen MR) is 313 cm³/mol. The average molecular weight is 1080 g/mol. The second kappa shape index (κ2) is 26.3. The summed E-state index contributed by atoms with van der Waals surface area (Å²) >= 11 is 0. The van der Waals surface area contributed by atoms with Gasteiger partial charge in [0.2, 0.25) is 0 Å². The molecule has 0 spiro atoms. The van der Waals surface area contributed by atoms with E-state index in [-0.39, 0.29) is 36.1 Å². The maximum Gasteiger partial charge on any atom is 0.337 e. The molecule has 0 radical (unpaired) electrons. The zero-order valence-corrected chi connectivity index (χ0v) is 44.9. The Bertz CT molecular complexity index is 3490. The van der Waals surface area contributed by atoms with E-state index >= 15 is 0 Å². The molecule has 80 heavy (non-hydrogen) atoms. The fraction of sp³-hybridized carbons (Fsp3) is 0.302. The van der Waals surface area contributed by atoms with Gasteiger partial charge in [0.1, 0.15) is 34.3 Å². The van der Waals surface area contributed by atoms with Gasteiger partial charge >= 0.3 is 5.97 Å². The van der Waals surface area contributed by atoms with E-state index < -0.39 is 11.6 Å². The number of carbonyl (C=O) groups is 4. The number of aromatic nitrogens is 4. The first-order valence-corrected chi connectivity index (χ1v) is 26.3. The van der Waals surface area contributed by atoms with E-state index in [0.29, 0.717) is 74.5 Å².